The first kappa shape index (κ1) is 15.6. The van der Waals surface area contributed by atoms with Gasteiger partial charge in [0.05, 0.1) is 14.2 Å². The molecular formula is C22H26O2. The van der Waals surface area contributed by atoms with E-state index < -0.39 is 0 Å². The van der Waals surface area contributed by atoms with Crippen molar-refractivity contribution in [3.05, 3.63) is 58.7 Å². The van der Waals surface area contributed by atoms with Crippen LogP contribution in [0.2, 0.25) is 0 Å². The number of benzene rings is 2. The SMILES string of the molecule is COc1ccc2c(c1)[C@@H]1CCC[C@@H]1[C@H](c1ccc(OC)c(C)c1)C2. The van der Waals surface area contributed by atoms with Crippen molar-refractivity contribution in [1.82, 2.24) is 0 Å². The van der Waals surface area contributed by atoms with E-state index in [4.69, 9.17) is 9.47 Å². The molecule has 2 nitrogen and oxygen atoms in total. The van der Waals surface area contributed by atoms with Crippen LogP contribution in [0.5, 0.6) is 11.5 Å². The van der Waals surface area contributed by atoms with Gasteiger partial charge in [-0.3, -0.25) is 0 Å². The van der Waals surface area contributed by atoms with Gasteiger partial charge >= 0.3 is 0 Å². The average molecular weight is 322 g/mol. The molecule has 0 aliphatic heterocycles. The summed E-state index contributed by atoms with van der Waals surface area (Å²) in [5.41, 5.74) is 5.77. The Morgan fingerprint density at radius 2 is 1.79 bits per heavy atom. The number of ether oxygens (including phenoxy) is 2. The molecule has 0 radical (unpaired) electrons. The first-order valence-corrected chi connectivity index (χ1v) is 9.02. The maximum atomic E-state index is 5.47. The van der Waals surface area contributed by atoms with Gasteiger partial charge in [-0.15, -0.1) is 0 Å². The van der Waals surface area contributed by atoms with Gasteiger partial charge in [0.1, 0.15) is 11.5 Å². The van der Waals surface area contributed by atoms with Crippen molar-refractivity contribution in [1.29, 1.82) is 0 Å². The molecule has 0 aromatic heterocycles. The van der Waals surface area contributed by atoms with Gasteiger partial charge in [0.25, 0.3) is 0 Å². The van der Waals surface area contributed by atoms with Gasteiger partial charge in [0.15, 0.2) is 0 Å². The first-order valence-electron chi connectivity index (χ1n) is 9.02. The highest BCUT2D eigenvalue weighted by Crippen LogP contribution is 2.53. The number of aryl methyl sites for hydroxylation is 1. The van der Waals surface area contributed by atoms with E-state index in [1.807, 2.05) is 0 Å². The van der Waals surface area contributed by atoms with Crippen molar-refractivity contribution in [3.8, 4) is 11.5 Å². The highest BCUT2D eigenvalue weighted by molar-refractivity contribution is 5.45. The summed E-state index contributed by atoms with van der Waals surface area (Å²) >= 11 is 0. The number of methoxy groups -OCH3 is 2. The Labute approximate surface area is 144 Å². The Bertz CT molecular complexity index is 750. The second-order valence-electron chi connectivity index (χ2n) is 7.31. The van der Waals surface area contributed by atoms with E-state index in [1.165, 1.54) is 36.0 Å². The lowest BCUT2D eigenvalue weighted by Crippen LogP contribution is -2.25. The maximum Gasteiger partial charge on any atom is 0.121 e. The molecule has 3 atom stereocenters. The second kappa shape index (κ2) is 6.16. The number of fused-ring (bicyclic) bond motifs is 3. The van der Waals surface area contributed by atoms with Crippen LogP contribution < -0.4 is 9.47 Å². The zero-order chi connectivity index (χ0) is 16.7. The average Bonchev–Trinajstić information content (AvgIpc) is 3.10. The van der Waals surface area contributed by atoms with Crippen LogP contribution in [0.3, 0.4) is 0 Å². The molecule has 2 aliphatic carbocycles. The molecule has 0 heterocycles. The van der Waals surface area contributed by atoms with Crippen molar-refractivity contribution in [2.75, 3.05) is 14.2 Å². The van der Waals surface area contributed by atoms with E-state index in [9.17, 15) is 0 Å². The lowest BCUT2D eigenvalue weighted by molar-refractivity contribution is 0.360. The van der Waals surface area contributed by atoms with Crippen LogP contribution >= 0.6 is 0 Å². The Morgan fingerprint density at radius 1 is 0.917 bits per heavy atom. The van der Waals surface area contributed by atoms with E-state index >= 15 is 0 Å². The molecule has 2 aromatic rings. The van der Waals surface area contributed by atoms with E-state index in [1.54, 1.807) is 19.8 Å². The smallest absolute Gasteiger partial charge is 0.121 e. The fourth-order valence-corrected chi connectivity index (χ4v) is 4.97. The van der Waals surface area contributed by atoms with Crippen LogP contribution in [0.1, 0.15) is 53.4 Å². The normalized spacial score (nSPS) is 25.0. The first-order chi connectivity index (χ1) is 11.7. The highest BCUT2D eigenvalue weighted by atomic mass is 16.5. The fourth-order valence-electron chi connectivity index (χ4n) is 4.97. The molecule has 0 amide bonds. The molecule has 126 valence electrons. The molecule has 1 saturated carbocycles. The van der Waals surface area contributed by atoms with Gasteiger partial charge < -0.3 is 9.47 Å². The van der Waals surface area contributed by atoms with Crippen molar-refractivity contribution in [2.24, 2.45) is 5.92 Å². The molecule has 0 bridgehead atoms. The lowest BCUT2D eigenvalue weighted by Gasteiger charge is -2.36. The minimum Gasteiger partial charge on any atom is -0.497 e. The van der Waals surface area contributed by atoms with Gasteiger partial charge in [-0.05, 0) is 84.4 Å². The van der Waals surface area contributed by atoms with Crippen LogP contribution in [-0.4, -0.2) is 14.2 Å². The molecule has 24 heavy (non-hydrogen) atoms. The van der Waals surface area contributed by atoms with Gasteiger partial charge in [0.2, 0.25) is 0 Å². The number of rotatable bonds is 3. The molecule has 0 saturated heterocycles. The van der Waals surface area contributed by atoms with Crippen molar-refractivity contribution < 1.29 is 9.47 Å². The van der Waals surface area contributed by atoms with Crippen LogP contribution in [-0.2, 0) is 6.42 Å². The van der Waals surface area contributed by atoms with Gasteiger partial charge in [-0.1, -0.05) is 24.6 Å². The number of hydrogen-bond acceptors (Lipinski definition) is 2. The fraction of sp³-hybridized carbons (Fsp3) is 0.455. The lowest BCUT2D eigenvalue weighted by atomic mass is 9.68. The van der Waals surface area contributed by atoms with E-state index in [2.05, 4.69) is 43.3 Å². The molecule has 0 spiro atoms. The summed E-state index contributed by atoms with van der Waals surface area (Å²) in [5, 5.41) is 0. The minimum atomic E-state index is 0.628. The second-order valence-corrected chi connectivity index (χ2v) is 7.31. The maximum absolute atomic E-state index is 5.47. The standard InChI is InChI=1S/C22H26O2/c1-14-11-15(8-10-22(14)24-3)20-12-16-7-9-17(23-2)13-21(16)19-6-4-5-18(19)20/h7-11,13,18-20H,4-6,12H2,1-3H3/t18-,19+,20-/m0/s1. The predicted octanol–water partition coefficient (Wildman–Crippen LogP) is 5.24. The highest BCUT2D eigenvalue weighted by Gasteiger charge is 2.40. The summed E-state index contributed by atoms with van der Waals surface area (Å²) in [4.78, 5) is 0. The minimum absolute atomic E-state index is 0.628. The molecule has 4 rings (SSSR count). The number of hydrogen-bond donors (Lipinski definition) is 0. The summed E-state index contributed by atoms with van der Waals surface area (Å²) in [6.45, 7) is 2.15. The topological polar surface area (TPSA) is 18.5 Å². The Morgan fingerprint density at radius 3 is 2.54 bits per heavy atom. The zero-order valence-corrected chi connectivity index (χ0v) is 14.8. The summed E-state index contributed by atoms with van der Waals surface area (Å²) in [5.74, 6) is 4.07. The van der Waals surface area contributed by atoms with Crippen LogP contribution in [0, 0.1) is 12.8 Å². The zero-order valence-electron chi connectivity index (χ0n) is 14.8. The third kappa shape index (κ3) is 2.49. The molecule has 0 unspecified atom stereocenters. The Kier molecular flexibility index (Phi) is 3.99. The van der Waals surface area contributed by atoms with Crippen LogP contribution in [0.25, 0.3) is 0 Å². The van der Waals surface area contributed by atoms with E-state index in [0.29, 0.717) is 11.8 Å². The predicted molar refractivity (Wildman–Crippen MR) is 97.3 cm³/mol. The quantitative estimate of drug-likeness (QED) is 0.770. The van der Waals surface area contributed by atoms with E-state index in [-0.39, 0.29) is 0 Å². The monoisotopic (exact) mass is 322 g/mol. The molecule has 2 aromatic carbocycles. The molecule has 1 fully saturated rings. The Hall–Kier alpha value is -1.96. The van der Waals surface area contributed by atoms with Gasteiger partial charge in [-0.2, -0.15) is 0 Å². The summed E-state index contributed by atoms with van der Waals surface area (Å²) in [6.07, 6.45) is 5.15. The van der Waals surface area contributed by atoms with Crippen LogP contribution in [0.4, 0.5) is 0 Å². The van der Waals surface area contributed by atoms with Crippen molar-refractivity contribution >= 4 is 0 Å². The van der Waals surface area contributed by atoms with Crippen molar-refractivity contribution in [3.63, 3.8) is 0 Å². The summed E-state index contributed by atoms with van der Waals surface area (Å²) in [7, 11) is 3.51. The molecule has 2 aliphatic rings. The van der Waals surface area contributed by atoms with Gasteiger partial charge in [-0.25, -0.2) is 0 Å². The van der Waals surface area contributed by atoms with Crippen LogP contribution in [0.15, 0.2) is 36.4 Å². The summed E-state index contributed by atoms with van der Waals surface area (Å²) < 4.78 is 10.9. The summed E-state index contributed by atoms with van der Waals surface area (Å²) in [6, 6.07) is 13.4. The molecular weight excluding hydrogens is 296 g/mol. The largest absolute Gasteiger partial charge is 0.497 e. The Balaban J connectivity index is 1.74. The molecule has 2 heteroatoms. The van der Waals surface area contributed by atoms with Crippen molar-refractivity contribution in [2.45, 2.75) is 44.4 Å². The third-order valence-corrected chi connectivity index (χ3v) is 6.13. The third-order valence-electron chi connectivity index (χ3n) is 6.13. The molecule has 0 N–H and O–H groups in total. The van der Waals surface area contributed by atoms with E-state index in [0.717, 1.165) is 23.8 Å². The van der Waals surface area contributed by atoms with Gasteiger partial charge in [0, 0.05) is 0 Å².